The Bertz CT molecular complexity index is 1440. The molecule has 42 heavy (non-hydrogen) atoms. The van der Waals surface area contributed by atoms with E-state index >= 15 is 0 Å². The van der Waals surface area contributed by atoms with Crippen LogP contribution in [0.2, 0.25) is 0 Å². The minimum absolute atomic E-state index is 0.376. The van der Waals surface area contributed by atoms with Gasteiger partial charge in [-0.15, -0.1) is 0 Å². The van der Waals surface area contributed by atoms with E-state index in [0.29, 0.717) is 32.2 Å². The second-order valence-corrected chi connectivity index (χ2v) is 11.8. The molecule has 4 heterocycles. The van der Waals surface area contributed by atoms with Crippen molar-refractivity contribution in [3.8, 4) is 17.0 Å². The summed E-state index contributed by atoms with van der Waals surface area (Å²) in [6, 6.07) is 17.3. The Morgan fingerprint density at radius 1 is 1.05 bits per heavy atom. The van der Waals surface area contributed by atoms with Gasteiger partial charge in [0.15, 0.2) is 0 Å². The molecule has 222 valence electrons. The van der Waals surface area contributed by atoms with E-state index in [0.717, 1.165) is 67.5 Å². The standard InChI is InChI=1S/C34H41N3O5/c1-22-6-4-7-27(30-8-5-9-32(35-30)36-15-12-28(34(38)39)31(20-36)40-3)33(22)42-21-25-11-10-24-18-37(19-29(24)23(25)2)26-13-16-41-17-14-26/h4-11,26,28,31H,12-21H2,1-3H3,(H,38,39)/t28-,31+/m0/s1. The summed E-state index contributed by atoms with van der Waals surface area (Å²) in [6.07, 6.45) is 2.37. The molecule has 0 saturated carbocycles. The van der Waals surface area contributed by atoms with Crippen LogP contribution < -0.4 is 9.64 Å². The number of carboxylic acid groups (broad SMARTS) is 1. The number of pyridine rings is 1. The predicted molar refractivity (Wildman–Crippen MR) is 162 cm³/mol. The molecule has 3 aromatic rings. The molecular weight excluding hydrogens is 530 g/mol. The number of piperidine rings is 1. The molecule has 0 bridgehead atoms. The first-order valence-electron chi connectivity index (χ1n) is 15.1. The largest absolute Gasteiger partial charge is 0.488 e. The third kappa shape index (κ3) is 5.76. The van der Waals surface area contributed by atoms with Crippen LogP contribution in [0.5, 0.6) is 5.75 Å². The zero-order chi connectivity index (χ0) is 29.2. The number of nitrogens with zero attached hydrogens (tertiary/aromatic N) is 3. The van der Waals surface area contributed by atoms with Crippen LogP contribution in [0.15, 0.2) is 48.5 Å². The fraction of sp³-hybridized carbons (Fsp3) is 0.471. The van der Waals surface area contributed by atoms with Gasteiger partial charge in [-0.05, 0) is 79.1 Å². The molecule has 1 aromatic heterocycles. The van der Waals surface area contributed by atoms with Crippen molar-refractivity contribution < 1.29 is 24.1 Å². The number of fused-ring (bicyclic) bond motifs is 1. The van der Waals surface area contributed by atoms with Crippen LogP contribution in [0, 0.1) is 19.8 Å². The molecule has 3 aliphatic rings. The van der Waals surface area contributed by atoms with Gasteiger partial charge in [0, 0.05) is 58.1 Å². The van der Waals surface area contributed by atoms with Crippen molar-refractivity contribution in [3.63, 3.8) is 0 Å². The summed E-state index contributed by atoms with van der Waals surface area (Å²) in [7, 11) is 1.58. The number of aliphatic carboxylic acids is 1. The van der Waals surface area contributed by atoms with E-state index in [9.17, 15) is 9.90 Å². The fourth-order valence-corrected chi connectivity index (χ4v) is 6.76. The highest BCUT2D eigenvalue weighted by atomic mass is 16.5. The molecule has 8 heteroatoms. The van der Waals surface area contributed by atoms with Crippen LogP contribution in [0.4, 0.5) is 5.82 Å². The molecule has 3 aliphatic heterocycles. The zero-order valence-electron chi connectivity index (χ0n) is 24.8. The number of aryl methyl sites for hydroxylation is 1. The summed E-state index contributed by atoms with van der Waals surface area (Å²) in [5, 5.41) is 9.57. The van der Waals surface area contributed by atoms with Gasteiger partial charge in [0.2, 0.25) is 0 Å². The van der Waals surface area contributed by atoms with Gasteiger partial charge in [0.05, 0.1) is 17.7 Å². The Hall–Kier alpha value is -3.46. The lowest BCUT2D eigenvalue weighted by Crippen LogP contribution is -2.47. The van der Waals surface area contributed by atoms with Gasteiger partial charge in [-0.2, -0.15) is 0 Å². The number of hydrogen-bond donors (Lipinski definition) is 1. The highest BCUT2D eigenvalue weighted by Crippen LogP contribution is 2.36. The van der Waals surface area contributed by atoms with E-state index in [4.69, 9.17) is 19.2 Å². The van der Waals surface area contributed by atoms with Crippen LogP contribution >= 0.6 is 0 Å². The molecule has 2 saturated heterocycles. The average Bonchev–Trinajstić information content (AvgIpc) is 3.47. The van der Waals surface area contributed by atoms with E-state index in [1.165, 1.54) is 22.3 Å². The maximum Gasteiger partial charge on any atom is 0.309 e. The molecule has 0 unspecified atom stereocenters. The molecule has 8 nitrogen and oxygen atoms in total. The molecule has 6 rings (SSSR count). The summed E-state index contributed by atoms with van der Waals surface area (Å²) in [4.78, 5) is 21.4. The molecule has 2 fully saturated rings. The van der Waals surface area contributed by atoms with Gasteiger partial charge >= 0.3 is 5.97 Å². The number of rotatable bonds is 8. The normalized spacial score (nSPS) is 21.4. The molecule has 0 spiro atoms. The van der Waals surface area contributed by atoms with Crippen molar-refractivity contribution in [2.75, 3.05) is 38.3 Å². The Balaban J connectivity index is 1.19. The molecule has 0 radical (unpaired) electrons. The topological polar surface area (TPSA) is 84.4 Å². The summed E-state index contributed by atoms with van der Waals surface area (Å²) in [6.45, 7) is 9.65. The maximum absolute atomic E-state index is 11.7. The lowest BCUT2D eigenvalue weighted by molar-refractivity contribution is -0.147. The number of carbonyl (C=O) groups is 1. The maximum atomic E-state index is 11.7. The Morgan fingerprint density at radius 2 is 1.86 bits per heavy atom. The monoisotopic (exact) mass is 571 g/mol. The second kappa shape index (κ2) is 12.4. The predicted octanol–water partition coefficient (Wildman–Crippen LogP) is 5.36. The third-order valence-electron chi connectivity index (χ3n) is 9.35. The van der Waals surface area contributed by atoms with Crippen molar-refractivity contribution in [1.82, 2.24) is 9.88 Å². The Kier molecular flexibility index (Phi) is 8.47. The number of ether oxygens (including phenoxy) is 3. The number of benzene rings is 2. The van der Waals surface area contributed by atoms with Crippen LogP contribution in [-0.4, -0.2) is 66.5 Å². The Morgan fingerprint density at radius 3 is 2.64 bits per heavy atom. The Labute approximate surface area is 248 Å². The summed E-state index contributed by atoms with van der Waals surface area (Å²) in [5.41, 5.74) is 8.26. The molecule has 0 aliphatic carbocycles. The number of para-hydroxylation sites is 1. The summed E-state index contributed by atoms with van der Waals surface area (Å²) >= 11 is 0. The number of aromatic nitrogens is 1. The quantitative estimate of drug-likeness (QED) is 0.387. The number of carboxylic acids is 1. The van der Waals surface area contributed by atoms with Gasteiger partial charge in [-0.3, -0.25) is 9.69 Å². The average molecular weight is 572 g/mol. The van der Waals surface area contributed by atoms with Crippen molar-refractivity contribution in [3.05, 3.63) is 76.3 Å². The van der Waals surface area contributed by atoms with Crippen molar-refractivity contribution in [2.24, 2.45) is 5.92 Å². The van der Waals surface area contributed by atoms with E-state index in [1.807, 2.05) is 24.3 Å². The lowest BCUT2D eigenvalue weighted by Gasteiger charge is -2.36. The lowest BCUT2D eigenvalue weighted by atomic mass is 9.94. The highest BCUT2D eigenvalue weighted by Gasteiger charge is 2.35. The molecule has 1 N–H and O–H groups in total. The number of methoxy groups -OCH3 is 1. The van der Waals surface area contributed by atoms with Crippen molar-refractivity contribution >= 4 is 11.8 Å². The minimum atomic E-state index is -0.806. The van der Waals surface area contributed by atoms with E-state index in [2.05, 4.69) is 47.9 Å². The highest BCUT2D eigenvalue weighted by molar-refractivity contribution is 5.72. The first kappa shape index (κ1) is 28.6. The van der Waals surface area contributed by atoms with Gasteiger partial charge in [0.1, 0.15) is 18.2 Å². The van der Waals surface area contributed by atoms with E-state index in [1.54, 1.807) is 7.11 Å². The molecular formula is C34H41N3O5. The number of anilines is 1. The molecule has 2 aromatic carbocycles. The summed E-state index contributed by atoms with van der Waals surface area (Å²) < 4.78 is 17.7. The molecule has 2 atom stereocenters. The summed E-state index contributed by atoms with van der Waals surface area (Å²) in [5.74, 6) is 0.346. The smallest absolute Gasteiger partial charge is 0.309 e. The van der Waals surface area contributed by atoms with Crippen LogP contribution in [0.3, 0.4) is 0 Å². The van der Waals surface area contributed by atoms with E-state index < -0.39 is 11.9 Å². The fourth-order valence-electron chi connectivity index (χ4n) is 6.76. The van der Waals surface area contributed by atoms with Gasteiger partial charge < -0.3 is 24.2 Å². The van der Waals surface area contributed by atoms with Crippen molar-refractivity contribution in [1.29, 1.82) is 0 Å². The van der Waals surface area contributed by atoms with Crippen LogP contribution in [-0.2, 0) is 34.0 Å². The minimum Gasteiger partial charge on any atom is -0.488 e. The molecule has 0 amide bonds. The first-order chi connectivity index (χ1) is 20.4. The van der Waals surface area contributed by atoms with Gasteiger partial charge in [-0.25, -0.2) is 4.98 Å². The third-order valence-corrected chi connectivity index (χ3v) is 9.35. The van der Waals surface area contributed by atoms with Gasteiger partial charge in [-0.1, -0.05) is 30.3 Å². The SMILES string of the molecule is CO[C@@H]1CN(c2cccc(-c3cccc(C)c3OCc3ccc4c(c3C)CN(C3CCOCC3)C4)n2)CC[C@@H]1C(=O)O. The van der Waals surface area contributed by atoms with E-state index in [-0.39, 0.29) is 6.10 Å². The van der Waals surface area contributed by atoms with Crippen molar-refractivity contribution in [2.45, 2.75) is 65.0 Å². The zero-order valence-corrected chi connectivity index (χ0v) is 24.8. The number of hydrogen-bond acceptors (Lipinski definition) is 7. The second-order valence-electron chi connectivity index (χ2n) is 11.8. The van der Waals surface area contributed by atoms with Gasteiger partial charge in [0.25, 0.3) is 0 Å². The first-order valence-corrected chi connectivity index (χ1v) is 15.1. The van der Waals surface area contributed by atoms with Crippen LogP contribution in [0.25, 0.3) is 11.3 Å². The van der Waals surface area contributed by atoms with Crippen LogP contribution in [0.1, 0.15) is 47.1 Å².